The van der Waals surface area contributed by atoms with Crippen LogP contribution in [0.5, 0.6) is 0 Å². The molecule has 0 aromatic carbocycles. The lowest BCUT2D eigenvalue weighted by atomic mass is 10.1. The van der Waals surface area contributed by atoms with E-state index in [4.69, 9.17) is 0 Å². The number of hydrogen-bond donors (Lipinski definition) is 2. The highest BCUT2D eigenvalue weighted by molar-refractivity contribution is 7.07. The van der Waals surface area contributed by atoms with Crippen LogP contribution in [-0.2, 0) is 11.3 Å². The molecule has 1 atom stereocenters. The predicted octanol–water partition coefficient (Wildman–Crippen LogP) is 1.51. The van der Waals surface area contributed by atoms with Crippen molar-refractivity contribution < 1.29 is 4.79 Å². The number of carbonyl (C=O) groups excluding carboxylic acids is 1. The summed E-state index contributed by atoms with van der Waals surface area (Å²) in [7, 11) is 0. The van der Waals surface area contributed by atoms with Crippen LogP contribution in [0.1, 0.15) is 24.8 Å². The minimum atomic E-state index is -0.00704. The molecule has 0 radical (unpaired) electrons. The Morgan fingerprint density at radius 2 is 2.47 bits per heavy atom. The van der Waals surface area contributed by atoms with Crippen molar-refractivity contribution in [1.82, 2.24) is 10.6 Å². The van der Waals surface area contributed by atoms with Gasteiger partial charge in [0.25, 0.3) is 0 Å². The summed E-state index contributed by atoms with van der Waals surface area (Å²) in [5.74, 6) is 0.155. The van der Waals surface area contributed by atoms with E-state index in [9.17, 15) is 4.79 Å². The van der Waals surface area contributed by atoms with Gasteiger partial charge in [-0.3, -0.25) is 4.79 Å². The van der Waals surface area contributed by atoms with Gasteiger partial charge in [0, 0.05) is 13.1 Å². The number of thiophene rings is 1. The van der Waals surface area contributed by atoms with Crippen LogP contribution in [-0.4, -0.2) is 18.5 Å². The molecule has 2 N–H and O–H groups in total. The Morgan fingerprint density at radius 3 is 3.27 bits per heavy atom. The van der Waals surface area contributed by atoms with Crippen LogP contribution in [0.3, 0.4) is 0 Å². The van der Waals surface area contributed by atoms with Crippen LogP contribution in [0.25, 0.3) is 0 Å². The Kier molecular flexibility index (Phi) is 3.75. The SMILES string of the molecule is O=C1NCCCCC1NCc1ccsc1. The first-order valence-corrected chi connectivity index (χ1v) is 6.33. The smallest absolute Gasteiger partial charge is 0.237 e. The van der Waals surface area contributed by atoms with Crippen molar-refractivity contribution in [2.24, 2.45) is 0 Å². The molecular formula is C11H16N2OS. The zero-order chi connectivity index (χ0) is 10.5. The molecule has 1 aliphatic rings. The van der Waals surface area contributed by atoms with Gasteiger partial charge in [-0.05, 0) is 41.7 Å². The second-order valence-electron chi connectivity index (χ2n) is 3.85. The molecule has 1 fully saturated rings. The third kappa shape index (κ3) is 3.04. The number of nitrogens with one attached hydrogen (secondary N) is 2. The van der Waals surface area contributed by atoms with E-state index in [0.717, 1.165) is 32.4 Å². The molecule has 1 saturated heterocycles. The minimum absolute atomic E-state index is 0.00704. The van der Waals surface area contributed by atoms with E-state index in [1.54, 1.807) is 11.3 Å². The zero-order valence-corrected chi connectivity index (χ0v) is 9.48. The van der Waals surface area contributed by atoms with Crippen LogP contribution >= 0.6 is 11.3 Å². The molecule has 0 spiro atoms. The lowest BCUT2D eigenvalue weighted by molar-refractivity contribution is -0.122. The van der Waals surface area contributed by atoms with Gasteiger partial charge in [-0.15, -0.1) is 0 Å². The first-order valence-electron chi connectivity index (χ1n) is 5.38. The summed E-state index contributed by atoms with van der Waals surface area (Å²) in [5, 5.41) is 10.4. The number of amides is 1. The van der Waals surface area contributed by atoms with Gasteiger partial charge in [-0.25, -0.2) is 0 Å². The third-order valence-electron chi connectivity index (χ3n) is 2.67. The lowest BCUT2D eigenvalue weighted by Crippen LogP contribution is -2.42. The zero-order valence-electron chi connectivity index (χ0n) is 8.66. The molecule has 0 saturated carbocycles. The van der Waals surface area contributed by atoms with Crippen molar-refractivity contribution in [3.63, 3.8) is 0 Å². The van der Waals surface area contributed by atoms with Crippen LogP contribution in [0, 0.1) is 0 Å². The van der Waals surface area contributed by atoms with Crippen molar-refractivity contribution in [3.8, 4) is 0 Å². The Bertz CT molecular complexity index is 310. The molecule has 2 heterocycles. The molecule has 4 heteroatoms. The molecule has 1 aliphatic heterocycles. The van der Waals surface area contributed by atoms with Gasteiger partial charge in [-0.2, -0.15) is 11.3 Å². The summed E-state index contributed by atoms with van der Waals surface area (Å²) in [6.07, 6.45) is 3.18. The van der Waals surface area contributed by atoms with Gasteiger partial charge >= 0.3 is 0 Å². The van der Waals surface area contributed by atoms with Gasteiger partial charge in [0.1, 0.15) is 0 Å². The lowest BCUT2D eigenvalue weighted by Gasteiger charge is -2.14. The third-order valence-corrected chi connectivity index (χ3v) is 3.40. The highest BCUT2D eigenvalue weighted by Crippen LogP contribution is 2.09. The number of rotatable bonds is 3. The van der Waals surface area contributed by atoms with E-state index in [1.165, 1.54) is 5.56 Å². The maximum atomic E-state index is 11.6. The molecule has 1 aromatic rings. The first-order chi connectivity index (χ1) is 7.36. The van der Waals surface area contributed by atoms with E-state index >= 15 is 0 Å². The summed E-state index contributed by atoms with van der Waals surface area (Å²) in [5.41, 5.74) is 1.26. The van der Waals surface area contributed by atoms with Crippen LogP contribution in [0.4, 0.5) is 0 Å². The van der Waals surface area contributed by atoms with Crippen LogP contribution in [0.2, 0.25) is 0 Å². The monoisotopic (exact) mass is 224 g/mol. The largest absolute Gasteiger partial charge is 0.355 e. The van der Waals surface area contributed by atoms with Crippen molar-refractivity contribution in [1.29, 1.82) is 0 Å². The maximum Gasteiger partial charge on any atom is 0.237 e. The van der Waals surface area contributed by atoms with E-state index in [2.05, 4.69) is 27.5 Å². The second kappa shape index (κ2) is 5.28. The highest BCUT2D eigenvalue weighted by Gasteiger charge is 2.19. The molecule has 0 aliphatic carbocycles. The van der Waals surface area contributed by atoms with Gasteiger partial charge in [0.05, 0.1) is 6.04 Å². The maximum absolute atomic E-state index is 11.6. The summed E-state index contributed by atoms with van der Waals surface area (Å²) in [6, 6.07) is 2.08. The average molecular weight is 224 g/mol. The normalized spacial score (nSPS) is 22.1. The van der Waals surface area contributed by atoms with E-state index in [0.29, 0.717) is 0 Å². The average Bonchev–Trinajstić information content (AvgIpc) is 2.67. The molecule has 1 amide bonds. The van der Waals surface area contributed by atoms with Crippen LogP contribution < -0.4 is 10.6 Å². The fraction of sp³-hybridized carbons (Fsp3) is 0.545. The fourth-order valence-electron chi connectivity index (χ4n) is 1.77. The Balaban J connectivity index is 1.84. The summed E-state index contributed by atoms with van der Waals surface area (Å²) < 4.78 is 0. The van der Waals surface area contributed by atoms with E-state index in [-0.39, 0.29) is 11.9 Å². The minimum Gasteiger partial charge on any atom is -0.355 e. The molecular weight excluding hydrogens is 208 g/mol. The van der Waals surface area contributed by atoms with Crippen molar-refractivity contribution in [2.75, 3.05) is 6.54 Å². The van der Waals surface area contributed by atoms with Crippen LogP contribution in [0.15, 0.2) is 16.8 Å². The summed E-state index contributed by atoms with van der Waals surface area (Å²) in [4.78, 5) is 11.6. The molecule has 15 heavy (non-hydrogen) atoms. The predicted molar refractivity (Wildman–Crippen MR) is 61.8 cm³/mol. The second-order valence-corrected chi connectivity index (χ2v) is 4.63. The van der Waals surface area contributed by atoms with E-state index < -0.39 is 0 Å². The molecule has 2 rings (SSSR count). The highest BCUT2D eigenvalue weighted by atomic mass is 32.1. The molecule has 3 nitrogen and oxygen atoms in total. The molecule has 1 aromatic heterocycles. The number of carbonyl (C=O) groups is 1. The molecule has 1 unspecified atom stereocenters. The summed E-state index contributed by atoms with van der Waals surface area (Å²) >= 11 is 1.69. The van der Waals surface area contributed by atoms with Crippen molar-refractivity contribution in [2.45, 2.75) is 31.8 Å². The fourth-order valence-corrected chi connectivity index (χ4v) is 2.44. The standard InChI is InChI=1S/C11H16N2OS/c14-11-10(3-1-2-5-12-11)13-7-9-4-6-15-8-9/h4,6,8,10,13H,1-3,5,7H2,(H,12,14). The van der Waals surface area contributed by atoms with Gasteiger partial charge in [0.2, 0.25) is 5.91 Å². The van der Waals surface area contributed by atoms with E-state index in [1.807, 2.05) is 0 Å². The topological polar surface area (TPSA) is 41.1 Å². The Morgan fingerprint density at radius 1 is 1.53 bits per heavy atom. The molecule has 0 bridgehead atoms. The van der Waals surface area contributed by atoms with Crippen molar-refractivity contribution >= 4 is 17.2 Å². The van der Waals surface area contributed by atoms with Crippen molar-refractivity contribution in [3.05, 3.63) is 22.4 Å². The number of hydrogen-bond acceptors (Lipinski definition) is 3. The summed E-state index contributed by atoms with van der Waals surface area (Å²) in [6.45, 7) is 1.62. The molecule has 82 valence electrons. The Labute approximate surface area is 93.9 Å². The van der Waals surface area contributed by atoms with Gasteiger partial charge < -0.3 is 10.6 Å². The quantitative estimate of drug-likeness (QED) is 0.817. The van der Waals surface area contributed by atoms with Gasteiger partial charge in [-0.1, -0.05) is 0 Å². The van der Waals surface area contributed by atoms with Gasteiger partial charge in [0.15, 0.2) is 0 Å². The Hall–Kier alpha value is -0.870. The first kappa shape index (κ1) is 10.6.